The van der Waals surface area contributed by atoms with Crippen molar-refractivity contribution in [3.8, 4) is 5.75 Å². The third-order valence-electron chi connectivity index (χ3n) is 3.70. The second-order valence-electron chi connectivity index (χ2n) is 6.47. The lowest BCUT2D eigenvalue weighted by molar-refractivity contribution is -0.137. The van der Waals surface area contributed by atoms with E-state index in [1.54, 1.807) is 12.1 Å². The Morgan fingerprint density at radius 1 is 1.08 bits per heavy atom. The largest absolute Gasteiger partial charge is 0.491 e. The van der Waals surface area contributed by atoms with Crippen molar-refractivity contribution in [2.45, 2.75) is 64.0 Å². The van der Waals surface area contributed by atoms with Gasteiger partial charge in [0.1, 0.15) is 5.75 Å². The molecule has 0 aliphatic heterocycles. The van der Waals surface area contributed by atoms with Crippen molar-refractivity contribution in [3.05, 3.63) is 24.3 Å². The molecule has 0 bridgehead atoms. The van der Waals surface area contributed by atoms with Gasteiger partial charge in [-0.15, -0.1) is 0 Å². The number of unbranched alkanes of at least 4 members (excludes halogenated alkanes) is 3. The van der Waals surface area contributed by atoms with E-state index in [-0.39, 0.29) is 12.3 Å². The second kappa shape index (κ2) is 13.5. The molecule has 1 rings (SSSR count). The quantitative estimate of drug-likeness (QED) is 0.445. The van der Waals surface area contributed by atoms with E-state index in [1.165, 1.54) is 12.2 Å². The standard InChI is InChI=1S/C20H31NO4S/c1-16(2)26-15-8-4-3-5-12-19(22)21-17-10-6-7-11-18(17)25-14-9-13-20(23)24/h6-7,10-11,16H,3-5,8-9,12-15H2,1-2H3,(H,21,22)(H,23,24). The number of hydrogen-bond donors (Lipinski definition) is 2. The molecule has 0 saturated heterocycles. The van der Waals surface area contributed by atoms with Gasteiger partial charge in [0.15, 0.2) is 0 Å². The first-order valence-electron chi connectivity index (χ1n) is 9.34. The average molecular weight is 382 g/mol. The first kappa shape index (κ1) is 22.4. The zero-order valence-corrected chi connectivity index (χ0v) is 16.6. The van der Waals surface area contributed by atoms with Crippen LogP contribution in [0.15, 0.2) is 24.3 Å². The molecule has 1 aromatic rings. The van der Waals surface area contributed by atoms with E-state index < -0.39 is 5.97 Å². The average Bonchev–Trinajstić information content (AvgIpc) is 2.58. The van der Waals surface area contributed by atoms with E-state index in [4.69, 9.17) is 9.84 Å². The van der Waals surface area contributed by atoms with Gasteiger partial charge in [0.05, 0.1) is 12.3 Å². The van der Waals surface area contributed by atoms with Crippen molar-refractivity contribution >= 4 is 29.3 Å². The summed E-state index contributed by atoms with van der Waals surface area (Å²) in [7, 11) is 0. The summed E-state index contributed by atoms with van der Waals surface area (Å²) in [4.78, 5) is 22.6. The summed E-state index contributed by atoms with van der Waals surface area (Å²) in [6.07, 6.45) is 5.34. The van der Waals surface area contributed by atoms with Crippen molar-refractivity contribution in [2.75, 3.05) is 17.7 Å². The van der Waals surface area contributed by atoms with Crippen LogP contribution in [0, 0.1) is 0 Å². The van der Waals surface area contributed by atoms with E-state index >= 15 is 0 Å². The van der Waals surface area contributed by atoms with Gasteiger partial charge in [-0.25, -0.2) is 0 Å². The van der Waals surface area contributed by atoms with Gasteiger partial charge in [0.25, 0.3) is 0 Å². The fourth-order valence-corrected chi connectivity index (χ4v) is 3.22. The van der Waals surface area contributed by atoms with Crippen molar-refractivity contribution < 1.29 is 19.4 Å². The summed E-state index contributed by atoms with van der Waals surface area (Å²) in [6.45, 7) is 4.74. The number of hydrogen-bond acceptors (Lipinski definition) is 4. The van der Waals surface area contributed by atoms with Crippen molar-refractivity contribution in [1.29, 1.82) is 0 Å². The number of nitrogens with one attached hydrogen (secondary N) is 1. The highest BCUT2D eigenvalue weighted by atomic mass is 32.2. The molecule has 1 aromatic carbocycles. The van der Waals surface area contributed by atoms with Gasteiger partial charge >= 0.3 is 5.97 Å². The zero-order chi connectivity index (χ0) is 19.2. The Kier molecular flexibility index (Phi) is 11.6. The van der Waals surface area contributed by atoms with Gasteiger partial charge < -0.3 is 15.2 Å². The molecule has 0 aromatic heterocycles. The third-order valence-corrected chi connectivity index (χ3v) is 4.89. The first-order chi connectivity index (χ1) is 12.5. The molecule has 0 heterocycles. The Morgan fingerprint density at radius 3 is 2.54 bits per heavy atom. The summed E-state index contributed by atoms with van der Waals surface area (Å²) in [6, 6.07) is 7.25. The monoisotopic (exact) mass is 381 g/mol. The number of benzene rings is 1. The molecule has 0 radical (unpaired) electrons. The Labute approximate surface area is 160 Å². The Morgan fingerprint density at radius 2 is 1.81 bits per heavy atom. The maximum Gasteiger partial charge on any atom is 0.303 e. The summed E-state index contributed by atoms with van der Waals surface area (Å²) >= 11 is 1.98. The summed E-state index contributed by atoms with van der Waals surface area (Å²) in [5.74, 6) is 0.925. The maximum absolute atomic E-state index is 12.1. The van der Waals surface area contributed by atoms with Gasteiger partial charge in [-0.2, -0.15) is 11.8 Å². The molecule has 146 valence electrons. The minimum absolute atomic E-state index is 0.0110. The van der Waals surface area contributed by atoms with Crippen LogP contribution in [-0.4, -0.2) is 34.6 Å². The lowest BCUT2D eigenvalue weighted by Gasteiger charge is -2.12. The van der Waals surface area contributed by atoms with Crippen LogP contribution >= 0.6 is 11.8 Å². The van der Waals surface area contributed by atoms with Crippen LogP contribution in [-0.2, 0) is 9.59 Å². The summed E-state index contributed by atoms with van der Waals surface area (Å²) in [5.41, 5.74) is 0.640. The molecule has 0 unspecified atom stereocenters. The van der Waals surface area contributed by atoms with Crippen molar-refractivity contribution in [2.24, 2.45) is 0 Å². The van der Waals surface area contributed by atoms with Crippen molar-refractivity contribution in [1.82, 2.24) is 0 Å². The second-order valence-corrected chi connectivity index (χ2v) is 8.16. The predicted molar refractivity (Wildman–Crippen MR) is 108 cm³/mol. The Bertz CT molecular complexity index is 548. The van der Waals surface area contributed by atoms with Gasteiger partial charge in [-0.1, -0.05) is 38.8 Å². The fraction of sp³-hybridized carbons (Fsp3) is 0.600. The number of rotatable bonds is 14. The molecular weight excluding hydrogens is 350 g/mol. The molecule has 0 atom stereocenters. The smallest absolute Gasteiger partial charge is 0.303 e. The summed E-state index contributed by atoms with van der Waals surface area (Å²) in [5, 5.41) is 12.2. The number of ether oxygens (including phenoxy) is 1. The van der Waals surface area contributed by atoms with E-state index in [0.29, 0.717) is 36.1 Å². The normalized spacial score (nSPS) is 10.7. The van der Waals surface area contributed by atoms with E-state index in [9.17, 15) is 9.59 Å². The number of amides is 1. The third kappa shape index (κ3) is 11.0. The fourth-order valence-electron chi connectivity index (χ4n) is 2.37. The Hall–Kier alpha value is -1.69. The lowest BCUT2D eigenvalue weighted by Crippen LogP contribution is -2.12. The number of aliphatic carboxylic acids is 1. The van der Waals surface area contributed by atoms with E-state index in [0.717, 1.165) is 19.3 Å². The molecule has 26 heavy (non-hydrogen) atoms. The van der Waals surface area contributed by atoms with E-state index in [1.807, 2.05) is 23.9 Å². The minimum atomic E-state index is -0.835. The Balaban J connectivity index is 2.25. The highest BCUT2D eigenvalue weighted by Crippen LogP contribution is 2.24. The molecule has 0 saturated carbocycles. The molecular formula is C20H31NO4S. The number of anilines is 1. The van der Waals surface area contributed by atoms with Crippen LogP contribution < -0.4 is 10.1 Å². The SMILES string of the molecule is CC(C)SCCCCCCC(=O)Nc1ccccc1OCCCC(=O)O. The van der Waals surface area contributed by atoms with Crippen molar-refractivity contribution in [3.63, 3.8) is 0 Å². The number of carboxylic acid groups (broad SMARTS) is 1. The lowest BCUT2D eigenvalue weighted by atomic mass is 10.1. The summed E-state index contributed by atoms with van der Waals surface area (Å²) < 4.78 is 5.60. The number of thioether (sulfide) groups is 1. The van der Waals surface area contributed by atoms with Crippen LogP contribution in [0.2, 0.25) is 0 Å². The predicted octanol–water partition coefficient (Wildman–Crippen LogP) is 4.96. The molecule has 5 nitrogen and oxygen atoms in total. The highest BCUT2D eigenvalue weighted by Gasteiger charge is 2.08. The first-order valence-corrected chi connectivity index (χ1v) is 10.4. The van der Waals surface area contributed by atoms with Gasteiger partial charge in [0.2, 0.25) is 5.91 Å². The van der Waals surface area contributed by atoms with Gasteiger partial charge in [-0.05, 0) is 42.4 Å². The van der Waals surface area contributed by atoms with Crippen LogP contribution in [0.4, 0.5) is 5.69 Å². The number of carbonyl (C=O) groups is 2. The highest BCUT2D eigenvalue weighted by molar-refractivity contribution is 7.99. The maximum atomic E-state index is 12.1. The number of carbonyl (C=O) groups excluding carboxylic acids is 1. The zero-order valence-electron chi connectivity index (χ0n) is 15.8. The van der Waals surface area contributed by atoms with Crippen LogP contribution in [0.25, 0.3) is 0 Å². The molecule has 2 N–H and O–H groups in total. The van der Waals surface area contributed by atoms with Gasteiger partial charge in [-0.3, -0.25) is 9.59 Å². The topological polar surface area (TPSA) is 75.6 Å². The molecule has 6 heteroatoms. The minimum Gasteiger partial charge on any atom is -0.491 e. The van der Waals surface area contributed by atoms with Gasteiger partial charge in [0, 0.05) is 12.8 Å². The molecule has 0 fully saturated rings. The molecule has 0 aliphatic carbocycles. The molecule has 0 aliphatic rings. The molecule has 0 spiro atoms. The molecule has 1 amide bonds. The number of carboxylic acids is 1. The van der Waals surface area contributed by atoms with Crippen LogP contribution in [0.1, 0.15) is 58.8 Å². The van der Waals surface area contributed by atoms with Crippen LogP contribution in [0.5, 0.6) is 5.75 Å². The number of para-hydroxylation sites is 2. The van der Waals surface area contributed by atoms with E-state index in [2.05, 4.69) is 19.2 Å². The van der Waals surface area contributed by atoms with Crippen LogP contribution in [0.3, 0.4) is 0 Å².